The Balaban J connectivity index is 2.48. The molecule has 1 N–H and O–H groups in total. The minimum Gasteiger partial charge on any atom is -0.391 e. The summed E-state index contributed by atoms with van der Waals surface area (Å²) in [4.78, 5) is 2.54. The summed E-state index contributed by atoms with van der Waals surface area (Å²) in [5.41, 5.74) is 0. The van der Waals surface area contributed by atoms with Crippen LogP contribution in [0, 0.1) is 5.92 Å². The molecule has 0 aromatic heterocycles. The number of nitrogens with zero attached hydrogens (tertiary/aromatic N) is 1. The Hall–Kier alpha value is -0.0800. The predicted octanol–water partition coefficient (Wildman–Crippen LogP) is 3.05. The van der Waals surface area contributed by atoms with E-state index in [0.717, 1.165) is 31.7 Å². The maximum absolute atomic E-state index is 10.2. The lowest BCUT2D eigenvalue weighted by Crippen LogP contribution is -2.44. The van der Waals surface area contributed by atoms with Gasteiger partial charge in [-0.05, 0) is 44.6 Å². The van der Waals surface area contributed by atoms with Gasteiger partial charge in [-0.2, -0.15) is 0 Å². The largest absolute Gasteiger partial charge is 0.391 e. The highest BCUT2D eigenvalue weighted by Gasteiger charge is 2.29. The normalized spacial score (nSPS) is 20.1. The molecule has 2 heteroatoms. The van der Waals surface area contributed by atoms with Crippen LogP contribution in [0.25, 0.3) is 0 Å². The fourth-order valence-corrected chi connectivity index (χ4v) is 2.57. The van der Waals surface area contributed by atoms with Crippen molar-refractivity contribution in [2.45, 2.75) is 71.4 Å². The van der Waals surface area contributed by atoms with Crippen LogP contribution in [0.15, 0.2) is 0 Å². The molecule has 0 amide bonds. The first kappa shape index (κ1) is 14.0. The van der Waals surface area contributed by atoms with Crippen LogP contribution >= 0.6 is 0 Å². The Kier molecular flexibility index (Phi) is 6.37. The quantitative estimate of drug-likeness (QED) is 0.654. The Bertz CT molecular complexity index is 180. The molecule has 1 aliphatic carbocycles. The van der Waals surface area contributed by atoms with Crippen molar-refractivity contribution >= 4 is 0 Å². The van der Waals surface area contributed by atoms with E-state index < -0.39 is 0 Å². The van der Waals surface area contributed by atoms with E-state index in [9.17, 15) is 5.11 Å². The van der Waals surface area contributed by atoms with Gasteiger partial charge in [0.05, 0.1) is 6.10 Å². The summed E-state index contributed by atoms with van der Waals surface area (Å²) in [5, 5.41) is 10.2. The van der Waals surface area contributed by atoms with Crippen LogP contribution < -0.4 is 0 Å². The molecule has 1 saturated carbocycles. The molecule has 0 heterocycles. The van der Waals surface area contributed by atoms with Crippen molar-refractivity contribution in [2.24, 2.45) is 5.92 Å². The number of aliphatic hydroxyl groups excluding tert-OH is 1. The third kappa shape index (κ3) is 4.42. The van der Waals surface area contributed by atoms with Gasteiger partial charge in [0.25, 0.3) is 0 Å². The molecule has 0 spiro atoms. The third-order valence-electron chi connectivity index (χ3n) is 3.62. The molecule has 1 rings (SSSR count). The predicted molar refractivity (Wildman–Crippen MR) is 69.6 cm³/mol. The van der Waals surface area contributed by atoms with Gasteiger partial charge in [0.15, 0.2) is 0 Å². The SMILES string of the molecule is CCCC(O)C(CC)N(CCC)CC1CC1. The summed E-state index contributed by atoms with van der Waals surface area (Å²) in [6.45, 7) is 8.96. The van der Waals surface area contributed by atoms with E-state index in [-0.39, 0.29) is 6.10 Å². The van der Waals surface area contributed by atoms with Gasteiger partial charge in [-0.3, -0.25) is 4.90 Å². The minimum absolute atomic E-state index is 0.125. The molecule has 16 heavy (non-hydrogen) atoms. The van der Waals surface area contributed by atoms with Gasteiger partial charge >= 0.3 is 0 Å². The van der Waals surface area contributed by atoms with Crippen LogP contribution in [0.1, 0.15) is 59.3 Å². The first-order valence-electron chi connectivity index (χ1n) is 7.14. The summed E-state index contributed by atoms with van der Waals surface area (Å²) in [7, 11) is 0. The molecule has 96 valence electrons. The zero-order chi connectivity index (χ0) is 12.0. The zero-order valence-electron chi connectivity index (χ0n) is 11.3. The monoisotopic (exact) mass is 227 g/mol. The Morgan fingerprint density at radius 2 is 1.88 bits per heavy atom. The summed E-state index contributed by atoms with van der Waals surface area (Å²) >= 11 is 0. The molecule has 0 saturated heterocycles. The molecule has 0 aliphatic heterocycles. The highest BCUT2D eigenvalue weighted by molar-refractivity contribution is 4.83. The molecule has 0 radical (unpaired) electrons. The van der Waals surface area contributed by atoms with E-state index in [4.69, 9.17) is 0 Å². The molecule has 2 unspecified atom stereocenters. The summed E-state index contributed by atoms with van der Waals surface area (Å²) in [6.07, 6.45) is 6.99. The second-order valence-corrected chi connectivity index (χ2v) is 5.27. The highest BCUT2D eigenvalue weighted by atomic mass is 16.3. The summed E-state index contributed by atoms with van der Waals surface area (Å²) in [5.74, 6) is 0.925. The molecule has 0 aromatic rings. The molecule has 2 nitrogen and oxygen atoms in total. The average Bonchev–Trinajstić information content (AvgIpc) is 3.03. The standard InChI is InChI=1S/C14H29NO/c1-4-7-14(16)13(6-3)15(10-5-2)11-12-8-9-12/h12-14,16H,4-11H2,1-3H3. The molecule has 0 aromatic carbocycles. The summed E-state index contributed by atoms with van der Waals surface area (Å²) < 4.78 is 0. The molecular weight excluding hydrogens is 198 g/mol. The first-order chi connectivity index (χ1) is 7.72. The van der Waals surface area contributed by atoms with E-state index in [2.05, 4.69) is 25.7 Å². The third-order valence-corrected chi connectivity index (χ3v) is 3.62. The van der Waals surface area contributed by atoms with Crippen molar-refractivity contribution in [3.8, 4) is 0 Å². The van der Waals surface area contributed by atoms with Crippen LogP contribution in [0.5, 0.6) is 0 Å². The second-order valence-electron chi connectivity index (χ2n) is 5.27. The smallest absolute Gasteiger partial charge is 0.0695 e. The topological polar surface area (TPSA) is 23.5 Å². The number of rotatable bonds is 9. The van der Waals surface area contributed by atoms with Crippen LogP contribution in [0.3, 0.4) is 0 Å². The van der Waals surface area contributed by atoms with Crippen molar-refractivity contribution in [3.05, 3.63) is 0 Å². The van der Waals surface area contributed by atoms with E-state index >= 15 is 0 Å². The Morgan fingerprint density at radius 3 is 2.31 bits per heavy atom. The van der Waals surface area contributed by atoms with Crippen LogP contribution in [0.4, 0.5) is 0 Å². The van der Waals surface area contributed by atoms with E-state index in [1.54, 1.807) is 0 Å². The lowest BCUT2D eigenvalue weighted by molar-refractivity contribution is 0.0379. The number of hydrogen-bond acceptors (Lipinski definition) is 2. The molecular formula is C14H29NO. The average molecular weight is 227 g/mol. The van der Waals surface area contributed by atoms with Gasteiger partial charge in [-0.1, -0.05) is 27.2 Å². The van der Waals surface area contributed by atoms with Gasteiger partial charge in [0.1, 0.15) is 0 Å². The lowest BCUT2D eigenvalue weighted by Gasteiger charge is -2.34. The Labute approximate surface area is 101 Å². The number of aliphatic hydroxyl groups is 1. The van der Waals surface area contributed by atoms with Crippen molar-refractivity contribution < 1.29 is 5.11 Å². The molecule has 2 atom stereocenters. The van der Waals surface area contributed by atoms with Crippen LogP contribution in [0.2, 0.25) is 0 Å². The fraction of sp³-hybridized carbons (Fsp3) is 1.00. The van der Waals surface area contributed by atoms with Crippen molar-refractivity contribution in [1.82, 2.24) is 4.90 Å². The van der Waals surface area contributed by atoms with Gasteiger partial charge < -0.3 is 5.11 Å². The minimum atomic E-state index is -0.125. The number of hydrogen-bond donors (Lipinski definition) is 1. The lowest BCUT2D eigenvalue weighted by atomic mass is 10.0. The van der Waals surface area contributed by atoms with Crippen molar-refractivity contribution in [2.75, 3.05) is 13.1 Å². The van der Waals surface area contributed by atoms with E-state index in [1.165, 1.54) is 25.8 Å². The van der Waals surface area contributed by atoms with E-state index in [0.29, 0.717) is 6.04 Å². The zero-order valence-corrected chi connectivity index (χ0v) is 11.3. The molecule has 1 fully saturated rings. The van der Waals surface area contributed by atoms with Crippen molar-refractivity contribution in [3.63, 3.8) is 0 Å². The van der Waals surface area contributed by atoms with Crippen LogP contribution in [-0.4, -0.2) is 35.2 Å². The second kappa shape index (κ2) is 7.29. The van der Waals surface area contributed by atoms with Crippen molar-refractivity contribution in [1.29, 1.82) is 0 Å². The van der Waals surface area contributed by atoms with Gasteiger partial charge in [-0.15, -0.1) is 0 Å². The van der Waals surface area contributed by atoms with E-state index in [1.807, 2.05) is 0 Å². The van der Waals surface area contributed by atoms with Crippen LogP contribution in [-0.2, 0) is 0 Å². The van der Waals surface area contributed by atoms with Gasteiger partial charge in [0, 0.05) is 12.6 Å². The maximum atomic E-state index is 10.2. The fourth-order valence-electron chi connectivity index (χ4n) is 2.57. The van der Waals surface area contributed by atoms with Gasteiger partial charge in [-0.25, -0.2) is 0 Å². The Morgan fingerprint density at radius 1 is 1.19 bits per heavy atom. The molecule has 1 aliphatic rings. The molecule has 0 bridgehead atoms. The summed E-state index contributed by atoms with van der Waals surface area (Å²) in [6, 6.07) is 0.389. The first-order valence-corrected chi connectivity index (χ1v) is 7.14. The van der Waals surface area contributed by atoms with Gasteiger partial charge in [0.2, 0.25) is 0 Å². The maximum Gasteiger partial charge on any atom is 0.0695 e. The highest BCUT2D eigenvalue weighted by Crippen LogP contribution is 2.31.